The molecule has 1 saturated carbocycles. The summed E-state index contributed by atoms with van der Waals surface area (Å²) in [6.07, 6.45) is 8.49. The van der Waals surface area contributed by atoms with Gasteiger partial charge in [0.05, 0.1) is 0 Å². The summed E-state index contributed by atoms with van der Waals surface area (Å²) in [4.78, 5) is 14.9. The fraction of sp³-hybridized carbons (Fsp3) is 0.800. The maximum Gasteiger partial charge on any atom is 0.303 e. The Morgan fingerprint density at radius 1 is 1.40 bits per heavy atom. The second-order valence-corrected chi connectivity index (χ2v) is 5.78. The third kappa shape index (κ3) is 4.32. The predicted octanol–water partition coefficient (Wildman–Crippen LogP) is 3.55. The quantitative estimate of drug-likeness (QED) is 0.773. The molecule has 2 unspecified atom stereocenters. The van der Waals surface area contributed by atoms with Crippen LogP contribution in [0.4, 0.5) is 0 Å². The number of nitrogens with zero attached hydrogens (tertiary/aromatic N) is 2. The molecule has 1 N–H and O–H groups in total. The first kappa shape index (κ1) is 15.0. The Kier molecular flexibility index (Phi) is 5.56. The normalized spacial score (nSPS) is 22.9. The van der Waals surface area contributed by atoms with E-state index in [2.05, 4.69) is 17.1 Å². The highest BCUT2D eigenvalue weighted by atomic mass is 16.5. The first-order valence-corrected chi connectivity index (χ1v) is 7.73. The number of aromatic nitrogens is 2. The second-order valence-electron chi connectivity index (χ2n) is 5.78. The molecule has 0 spiro atoms. The van der Waals surface area contributed by atoms with Gasteiger partial charge in [0.25, 0.3) is 0 Å². The Morgan fingerprint density at radius 3 is 3.00 bits per heavy atom. The van der Waals surface area contributed by atoms with Crippen molar-refractivity contribution in [2.45, 2.75) is 70.6 Å². The standard InChI is InChI=1S/C15H24N2O3/c1-2-11-6-5-7-12(10-11)15-16-13(20-17-15)8-3-4-9-14(18)19/h11-12H,2-10H2,1H3,(H,18,19). The molecule has 0 aromatic carbocycles. The lowest BCUT2D eigenvalue weighted by molar-refractivity contribution is -0.137. The van der Waals surface area contributed by atoms with Gasteiger partial charge in [0.1, 0.15) is 0 Å². The van der Waals surface area contributed by atoms with Crippen molar-refractivity contribution in [3.05, 3.63) is 11.7 Å². The lowest BCUT2D eigenvalue weighted by Crippen LogP contribution is -2.14. The van der Waals surface area contributed by atoms with E-state index in [1.54, 1.807) is 0 Å². The molecule has 1 aliphatic rings. The molecule has 0 amide bonds. The number of hydrogen-bond donors (Lipinski definition) is 1. The molecule has 1 aromatic rings. The number of carboxylic acid groups (broad SMARTS) is 1. The zero-order chi connectivity index (χ0) is 14.4. The van der Waals surface area contributed by atoms with Gasteiger partial charge in [-0.1, -0.05) is 31.3 Å². The maximum absolute atomic E-state index is 10.4. The molecule has 0 bridgehead atoms. The summed E-state index contributed by atoms with van der Waals surface area (Å²) in [7, 11) is 0. The lowest BCUT2D eigenvalue weighted by atomic mass is 9.80. The van der Waals surface area contributed by atoms with Gasteiger partial charge in [0.2, 0.25) is 5.89 Å². The van der Waals surface area contributed by atoms with E-state index in [4.69, 9.17) is 9.63 Å². The Morgan fingerprint density at radius 2 is 2.25 bits per heavy atom. The molecule has 5 nitrogen and oxygen atoms in total. The molecule has 0 aliphatic heterocycles. The Labute approximate surface area is 119 Å². The molecule has 5 heteroatoms. The molecular formula is C15H24N2O3. The first-order chi connectivity index (χ1) is 9.69. The SMILES string of the molecule is CCC1CCCC(c2noc(CCCCC(=O)O)n2)C1. The van der Waals surface area contributed by atoms with Gasteiger partial charge in [-0.2, -0.15) is 4.98 Å². The van der Waals surface area contributed by atoms with Gasteiger partial charge in [-0.05, 0) is 31.6 Å². The third-order valence-corrected chi connectivity index (χ3v) is 4.24. The molecule has 1 aromatic heterocycles. The van der Waals surface area contributed by atoms with Crippen LogP contribution in [0.3, 0.4) is 0 Å². The van der Waals surface area contributed by atoms with Crippen molar-refractivity contribution >= 4 is 5.97 Å². The average molecular weight is 280 g/mol. The number of aliphatic carboxylic acids is 1. The number of rotatable bonds is 7. The van der Waals surface area contributed by atoms with Crippen LogP contribution in [0.15, 0.2) is 4.52 Å². The smallest absolute Gasteiger partial charge is 0.303 e. The molecule has 112 valence electrons. The molecule has 2 rings (SSSR count). The minimum Gasteiger partial charge on any atom is -0.481 e. The van der Waals surface area contributed by atoms with E-state index in [9.17, 15) is 4.79 Å². The van der Waals surface area contributed by atoms with Crippen LogP contribution in [-0.2, 0) is 11.2 Å². The van der Waals surface area contributed by atoms with E-state index < -0.39 is 5.97 Å². The summed E-state index contributed by atoms with van der Waals surface area (Å²) in [5, 5.41) is 12.7. The molecule has 2 atom stereocenters. The largest absolute Gasteiger partial charge is 0.481 e. The minimum absolute atomic E-state index is 0.210. The molecule has 1 aliphatic carbocycles. The zero-order valence-electron chi connectivity index (χ0n) is 12.2. The van der Waals surface area contributed by atoms with E-state index in [1.165, 1.54) is 25.7 Å². The van der Waals surface area contributed by atoms with Crippen LogP contribution >= 0.6 is 0 Å². The summed E-state index contributed by atoms with van der Waals surface area (Å²) in [6, 6.07) is 0. The fourth-order valence-electron chi connectivity index (χ4n) is 2.98. The highest BCUT2D eigenvalue weighted by molar-refractivity contribution is 5.66. The number of carbonyl (C=O) groups is 1. The highest BCUT2D eigenvalue weighted by Gasteiger charge is 2.25. The minimum atomic E-state index is -0.746. The lowest BCUT2D eigenvalue weighted by Gasteiger charge is -2.26. The number of carboxylic acids is 1. The van der Waals surface area contributed by atoms with E-state index in [0.29, 0.717) is 24.7 Å². The van der Waals surface area contributed by atoms with Gasteiger partial charge < -0.3 is 9.63 Å². The summed E-state index contributed by atoms with van der Waals surface area (Å²) >= 11 is 0. The van der Waals surface area contributed by atoms with Crippen molar-refractivity contribution in [3.63, 3.8) is 0 Å². The van der Waals surface area contributed by atoms with Crippen LogP contribution in [0.25, 0.3) is 0 Å². The predicted molar refractivity (Wildman–Crippen MR) is 74.5 cm³/mol. The van der Waals surface area contributed by atoms with Crippen LogP contribution < -0.4 is 0 Å². The number of unbranched alkanes of at least 4 members (excludes halogenated alkanes) is 1. The molecule has 20 heavy (non-hydrogen) atoms. The summed E-state index contributed by atoms with van der Waals surface area (Å²) in [5.74, 6) is 2.01. The van der Waals surface area contributed by atoms with Gasteiger partial charge >= 0.3 is 5.97 Å². The molecule has 0 saturated heterocycles. The monoisotopic (exact) mass is 280 g/mol. The first-order valence-electron chi connectivity index (χ1n) is 7.73. The van der Waals surface area contributed by atoms with Gasteiger partial charge in [-0.15, -0.1) is 0 Å². The van der Waals surface area contributed by atoms with Gasteiger partial charge in [0.15, 0.2) is 5.82 Å². The van der Waals surface area contributed by atoms with Crippen LogP contribution in [0.1, 0.15) is 75.9 Å². The fourth-order valence-corrected chi connectivity index (χ4v) is 2.98. The van der Waals surface area contributed by atoms with Crippen molar-refractivity contribution in [1.82, 2.24) is 10.1 Å². The third-order valence-electron chi connectivity index (χ3n) is 4.24. The summed E-state index contributed by atoms with van der Waals surface area (Å²) in [6.45, 7) is 2.25. The molecule has 1 fully saturated rings. The van der Waals surface area contributed by atoms with Gasteiger partial charge in [0, 0.05) is 18.8 Å². The van der Waals surface area contributed by atoms with E-state index >= 15 is 0 Å². The summed E-state index contributed by atoms with van der Waals surface area (Å²) < 4.78 is 5.29. The van der Waals surface area contributed by atoms with Crippen molar-refractivity contribution in [1.29, 1.82) is 0 Å². The van der Waals surface area contributed by atoms with E-state index in [-0.39, 0.29) is 6.42 Å². The van der Waals surface area contributed by atoms with Gasteiger partial charge in [-0.3, -0.25) is 4.79 Å². The highest BCUT2D eigenvalue weighted by Crippen LogP contribution is 2.36. The maximum atomic E-state index is 10.4. The van der Waals surface area contributed by atoms with Crippen LogP contribution in [0.5, 0.6) is 0 Å². The average Bonchev–Trinajstić information content (AvgIpc) is 2.92. The van der Waals surface area contributed by atoms with Crippen LogP contribution in [0.2, 0.25) is 0 Å². The number of aryl methyl sites for hydroxylation is 1. The Balaban J connectivity index is 1.80. The van der Waals surface area contributed by atoms with E-state index in [1.807, 2.05) is 0 Å². The zero-order valence-corrected chi connectivity index (χ0v) is 12.2. The van der Waals surface area contributed by atoms with Crippen LogP contribution in [0, 0.1) is 5.92 Å². The topological polar surface area (TPSA) is 76.2 Å². The van der Waals surface area contributed by atoms with Crippen molar-refractivity contribution in [2.24, 2.45) is 5.92 Å². The van der Waals surface area contributed by atoms with Crippen molar-refractivity contribution in [2.75, 3.05) is 0 Å². The summed E-state index contributed by atoms with van der Waals surface area (Å²) in [5.41, 5.74) is 0. The molecule has 0 radical (unpaired) electrons. The molecular weight excluding hydrogens is 256 g/mol. The van der Waals surface area contributed by atoms with E-state index in [0.717, 1.165) is 24.6 Å². The van der Waals surface area contributed by atoms with Crippen LogP contribution in [-0.4, -0.2) is 21.2 Å². The number of hydrogen-bond acceptors (Lipinski definition) is 4. The van der Waals surface area contributed by atoms with Crippen molar-refractivity contribution < 1.29 is 14.4 Å². The van der Waals surface area contributed by atoms with Crippen molar-refractivity contribution in [3.8, 4) is 0 Å². The Hall–Kier alpha value is -1.39. The van der Waals surface area contributed by atoms with Gasteiger partial charge in [-0.25, -0.2) is 0 Å². The second kappa shape index (κ2) is 7.41. The molecule has 1 heterocycles. The Bertz CT molecular complexity index is 431.